The number of rotatable bonds is 7. The molecule has 5 nitrogen and oxygen atoms in total. The Bertz CT molecular complexity index is 1120. The van der Waals surface area contributed by atoms with Gasteiger partial charge in [-0.05, 0) is 66.2 Å². The van der Waals surface area contributed by atoms with Gasteiger partial charge in [-0.1, -0.05) is 60.1 Å². The molecular formula is C25H22ClN3O2S. The van der Waals surface area contributed by atoms with Crippen LogP contribution in [-0.2, 0) is 16.0 Å². The first-order chi connectivity index (χ1) is 15.5. The van der Waals surface area contributed by atoms with Gasteiger partial charge in [0.1, 0.15) is 0 Å². The van der Waals surface area contributed by atoms with Crippen molar-refractivity contribution in [1.82, 2.24) is 5.32 Å². The van der Waals surface area contributed by atoms with Crippen LogP contribution in [0.25, 0.3) is 6.08 Å². The van der Waals surface area contributed by atoms with E-state index in [4.69, 9.17) is 23.8 Å². The molecule has 3 aromatic carbocycles. The maximum absolute atomic E-state index is 12.2. The second-order valence-electron chi connectivity index (χ2n) is 6.94. The van der Waals surface area contributed by atoms with Crippen molar-refractivity contribution < 1.29 is 9.59 Å². The molecule has 7 heteroatoms. The fourth-order valence-electron chi connectivity index (χ4n) is 2.86. The number of hydrogen-bond donors (Lipinski definition) is 3. The summed E-state index contributed by atoms with van der Waals surface area (Å²) in [5.74, 6) is -0.433. The lowest BCUT2D eigenvalue weighted by atomic mass is 10.1. The standard InChI is InChI=1S/C25H22ClN3O2S/c26-20-13-9-19(10-14-20)12-16-24(31)29-25(32)28-22-8-4-7-21(17-22)27-23(30)15-11-18-5-2-1-3-6-18/h1-10,12-14,16-17H,11,15H2,(H,27,30)(H2,28,29,31,32)/b16-12+. The van der Waals surface area contributed by atoms with Gasteiger partial charge in [0.25, 0.3) is 0 Å². The molecule has 0 unspecified atom stereocenters. The van der Waals surface area contributed by atoms with E-state index in [0.717, 1.165) is 11.1 Å². The van der Waals surface area contributed by atoms with Crippen molar-refractivity contribution in [1.29, 1.82) is 0 Å². The van der Waals surface area contributed by atoms with Crippen LogP contribution in [0.2, 0.25) is 5.02 Å². The molecule has 3 rings (SSSR count). The minimum atomic E-state index is -0.359. The Labute approximate surface area is 197 Å². The van der Waals surface area contributed by atoms with Crippen molar-refractivity contribution in [3.63, 3.8) is 0 Å². The molecule has 0 fully saturated rings. The molecule has 3 N–H and O–H groups in total. The lowest BCUT2D eigenvalue weighted by Gasteiger charge is -2.11. The molecule has 0 aliphatic rings. The molecule has 0 radical (unpaired) electrons. The third kappa shape index (κ3) is 7.98. The maximum atomic E-state index is 12.2. The molecule has 2 amide bonds. The zero-order chi connectivity index (χ0) is 22.8. The third-order valence-corrected chi connectivity index (χ3v) is 4.88. The molecule has 3 aromatic rings. The topological polar surface area (TPSA) is 70.2 Å². The van der Waals surface area contributed by atoms with Crippen LogP contribution in [0, 0.1) is 0 Å². The van der Waals surface area contributed by atoms with Gasteiger partial charge >= 0.3 is 0 Å². The van der Waals surface area contributed by atoms with E-state index in [9.17, 15) is 9.59 Å². The molecule has 0 aromatic heterocycles. The normalized spacial score (nSPS) is 10.5. The summed E-state index contributed by atoms with van der Waals surface area (Å²) in [5, 5.41) is 9.20. The summed E-state index contributed by atoms with van der Waals surface area (Å²) in [4.78, 5) is 24.3. The minimum absolute atomic E-state index is 0.0748. The highest BCUT2D eigenvalue weighted by molar-refractivity contribution is 7.80. The quantitative estimate of drug-likeness (QED) is 0.322. The molecule has 162 valence electrons. The predicted molar refractivity (Wildman–Crippen MR) is 135 cm³/mol. The number of nitrogens with one attached hydrogen (secondary N) is 3. The average molecular weight is 464 g/mol. The number of thiocarbonyl (C=S) groups is 1. The molecule has 0 heterocycles. The van der Waals surface area contributed by atoms with Crippen LogP contribution >= 0.6 is 23.8 Å². The van der Waals surface area contributed by atoms with Crippen LogP contribution in [0.1, 0.15) is 17.5 Å². The maximum Gasteiger partial charge on any atom is 0.250 e. The predicted octanol–water partition coefficient (Wildman–Crippen LogP) is 5.44. The Balaban J connectivity index is 1.47. The van der Waals surface area contributed by atoms with Crippen LogP contribution in [-0.4, -0.2) is 16.9 Å². The first-order valence-corrected chi connectivity index (χ1v) is 10.8. The summed E-state index contributed by atoms with van der Waals surface area (Å²) in [6, 6.07) is 24.1. The highest BCUT2D eigenvalue weighted by Crippen LogP contribution is 2.16. The fourth-order valence-corrected chi connectivity index (χ4v) is 3.21. The number of anilines is 2. The van der Waals surface area contributed by atoms with E-state index in [1.54, 1.807) is 42.5 Å². The number of halogens is 1. The van der Waals surface area contributed by atoms with E-state index in [-0.39, 0.29) is 16.9 Å². The van der Waals surface area contributed by atoms with Gasteiger partial charge in [-0.15, -0.1) is 0 Å². The van der Waals surface area contributed by atoms with Gasteiger partial charge in [-0.3, -0.25) is 14.9 Å². The van der Waals surface area contributed by atoms with Crippen molar-refractivity contribution >= 4 is 58.2 Å². The fraction of sp³-hybridized carbons (Fsp3) is 0.0800. The summed E-state index contributed by atoms with van der Waals surface area (Å²) in [6.07, 6.45) is 4.11. The van der Waals surface area contributed by atoms with E-state index in [1.165, 1.54) is 6.08 Å². The second-order valence-corrected chi connectivity index (χ2v) is 7.79. The van der Waals surface area contributed by atoms with Gasteiger partial charge in [-0.25, -0.2) is 0 Å². The lowest BCUT2D eigenvalue weighted by Crippen LogP contribution is -2.32. The Hall–Kier alpha value is -3.48. The summed E-state index contributed by atoms with van der Waals surface area (Å²) >= 11 is 11.1. The van der Waals surface area contributed by atoms with Gasteiger partial charge in [0.15, 0.2) is 5.11 Å². The first-order valence-electron chi connectivity index (χ1n) is 9.97. The molecule has 0 bridgehead atoms. The van der Waals surface area contributed by atoms with Crippen LogP contribution in [0.5, 0.6) is 0 Å². The zero-order valence-electron chi connectivity index (χ0n) is 17.2. The van der Waals surface area contributed by atoms with Gasteiger partial charge in [-0.2, -0.15) is 0 Å². The molecule has 0 saturated carbocycles. The summed E-state index contributed by atoms with van der Waals surface area (Å²) in [7, 11) is 0. The average Bonchev–Trinajstić information content (AvgIpc) is 2.78. The van der Waals surface area contributed by atoms with Crippen LogP contribution in [0.15, 0.2) is 84.9 Å². The molecule has 0 saturated heterocycles. The molecule has 32 heavy (non-hydrogen) atoms. The Morgan fingerprint density at radius 3 is 2.28 bits per heavy atom. The van der Waals surface area contributed by atoms with Crippen LogP contribution in [0.3, 0.4) is 0 Å². The first kappa shape index (κ1) is 23.2. The van der Waals surface area contributed by atoms with Crippen LogP contribution in [0.4, 0.5) is 11.4 Å². The smallest absolute Gasteiger partial charge is 0.250 e. The molecule has 0 aliphatic carbocycles. The highest BCUT2D eigenvalue weighted by Gasteiger charge is 2.06. The summed E-state index contributed by atoms with van der Waals surface area (Å²) < 4.78 is 0. The van der Waals surface area contributed by atoms with Gasteiger partial charge in [0, 0.05) is 28.9 Å². The van der Waals surface area contributed by atoms with Gasteiger partial charge in [0.05, 0.1) is 0 Å². The molecule has 0 aliphatic heterocycles. The number of benzene rings is 3. The van der Waals surface area contributed by atoms with Crippen molar-refractivity contribution in [2.24, 2.45) is 0 Å². The number of carbonyl (C=O) groups excluding carboxylic acids is 2. The third-order valence-electron chi connectivity index (χ3n) is 4.42. The number of amides is 2. The largest absolute Gasteiger partial charge is 0.332 e. The van der Waals surface area contributed by atoms with E-state index in [2.05, 4.69) is 16.0 Å². The number of aryl methyl sites for hydroxylation is 1. The molecule has 0 atom stereocenters. The Morgan fingerprint density at radius 1 is 0.875 bits per heavy atom. The molecular weight excluding hydrogens is 442 g/mol. The number of hydrogen-bond acceptors (Lipinski definition) is 3. The summed E-state index contributed by atoms with van der Waals surface area (Å²) in [5.41, 5.74) is 3.26. The highest BCUT2D eigenvalue weighted by atomic mass is 35.5. The van der Waals surface area contributed by atoms with Crippen LogP contribution < -0.4 is 16.0 Å². The van der Waals surface area contributed by atoms with E-state index in [1.807, 2.05) is 42.5 Å². The Kier molecular flexibility index (Phi) is 8.54. The lowest BCUT2D eigenvalue weighted by molar-refractivity contribution is -0.116. The zero-order valence-corrected chi connectivity index (χ0v) is 18.7. The van der Waals surface area contributed by atoms with Crippen molar-refractivity contribution in [3.8, 4) is 0 Å². The van der Waals surface area contributed by atoms with E-state index >= 15 is 0 Å². The van der Waals surface area contributed by atoms with Gasteiger partial charge < -0.3 is 10.6 Å². The van der Waals surface area contributed by atoms with E-state index < -0.39 is 0 Å². The van der Waals surface area contributed by atoms with Crippen molar-refractivity contribution in [2.45, 2.75) is 12.8 Å². The minimum Gasteiger partial charge on any atom is -0.332 e. The van der Waals surface area contributed by atoms with Gasteiger partial charge in [0.2, 0.25) is 11.8 Å². The monoisotopic (exact) mass is 463 g/mol. The van der Waals surface area contributed by atoms with Crippen molar-refractivity contribution in [3.05, 3.63) is 101 Å². The van der Waals surface area contributed by atoms with Crippen molar-refractivity contribution in [2.75, 3.05) is 10.6 Å². The van der Waals surface area contributed by atoms with E-state index in [0.29, 0.717) is 29.2 Å². The summed E-state index contributed by atoms with van der Waals surface area (Å²) in [6.45, 7) is 0. The Morgan fingerprint density at radius 2 is 1.56 bits per heavy atom. The number of carbonyl (C=O) groups is 2. The second kappa shape index (κ2) is 11.8. The SMILES string of the molecule is O=C(/C=C/c1ccc(Cl)cc1)NC(=S)Nc1cccc(NC(=O)CCc2ccccc2)c1. The molecule has 0 spiro atoms.